The molecule has 15 nitrogen and oxygen atoms in total. The Balaban J connectivity index is 0.000000106. The molecule has 0 saturated carbocycles. The number of nitrogens with zero attached hydrogens (tertiary/aromatic N) is 14. The SMILES string of the molecule is Brc1ccccc1-n1c2ccccc2c2ccc3c(c4ccccc4n3-c3nc(-c4ccccc4)nc(-c4ccccc4)n3)c21.CC1(C)c2ccccc2-n2c3c1cccc3c1ccc3c(c4ccccc4n3-c3nc(-c4ccccc4)nc(-c4ccccc4)n3)c12.c1ccc(-c2nc(-c3ccccc3)nc(-n3c4ccccc4c4c5[nH]c6ccccc6c5ccc43)n2)cc1. The molecule has 0 radical (unpaired) electrons. The Labute approximate surface area is 753 Å². The molecule has 9 aromatic heterocycles. The van der Waals surface area contributed by atoms with Gasteiger partial charge in [0.15, 0.2) is 34.9 Å². The van der Waals surface area contributed by atoms with Crippen LogP contribution in [0.2, 0.25) is 0 Å². The van der Waals surface area contributed by atoms with E-state index in [-0.39, 0.29) is 5.41 Å². The van der Waals surface area contributed by atoms with Crippen molar-refractivity contribution in [2.45, 2.75) is 19.3 Å². The second-order valence-corrected chi connectivity index (χ2v) is 34.2. The lowest BCUT2D eigenvalue weighted by atomic mass is 9.75. The van der Waals surface area contributed by atoms with Crippen molar-refractivity contribution in [2.75, 3.05) is 0 Å². The minimum absolute atomic E-state index is 0.125. The second-order valence-electron chi connectivity index (χ2n) is 33.3. The van der Waals surface area contributed by atoms with Gasteiger partial charge in [-0.2, -0.15) is 29.9 Å². The normalized spacial score (nSPS) is 12.3. The van der Waals surface area contributed by atoms with Gasteiger partial charge in [-0.25, -0.2) is 15.0 Å². The molecule has 1 N–H and O–H groups in total. The molecule has 10 heterocycles. The fraction of sp³-hybridized carbons (Fsp3) is 0.0263. The van der Waals surface area contributed by atoms with E-state index in [2.05, 4.69) is 306 Å². The summed E-state index contributed by atoms with van der Waals surface area (Å²) < 4.78 is 12.5. The number of H-pyrrole nitrogens is 1. The number of fused-ring (bicyclic) bond motifs is 23. The Kier molecular flexibility index (Phi) is 17.7. The maximum absolute atomic E-state index is 5.15. The van der Waals surface area contributed by atoms with Crippen molar-refractivity contribution in [1.82, 2.24) is 72.7 Å². The van der Waals surface area contributed by atoms with Crippen molar-refractivity contribution in [1.29, 1.82) is 0 Å². The Morgan fingerprint density at radius 3 is 0.962 bits per heavy atom. The molecule has 27 rings (SSSR count). The van der Waals surface area contributed by atoms with Gasteiger partial charge in [-0.3, -0.25) is 13.7 Å². The van der Waals surface area contributed by atoms with Gasteiger partial charge in [-0.15, -0.1) is 0 Å². The minimum Gasteiger partial charge on any atom is -0.354 e. The summed E-state index contributed by atoms with van der Waals surface area (Å²) in [5.74, 6) is 5.62. The average molecular weight is 1730 g/mol. The minimum atomic E-state index is -0.125. The van der Waals surface area contributed by atoms with E-state index in [9.17, 15) is 0 Å². The molecule has 0 fully saturated rings. The zero-order valence-corrected chi connectivity index (χ0v) is 71.9. The van der Waals surface area contributed by atoms with Crippen LogP contribution in [0.25, 0.3) is 228 Å². The summed E-state index contributed by atoms with van der Waals surface area (Å²) in [5, 5.41) is 14.3. The summed E-state index contributed by atoms with van der Waals surface area (Å²) in [7, 11) is 0. The van der Waals surface area contributed by atoms with Crippen LogP contribution in [0.5, 0.6) is 0 Å². The predicted octanol–water partition coefficient (Wildman–Crippen LogP) is 28.1. The quantitative estimate of drug-likeness (QED) is 0.141. The lowest BCUT2D eigenvalue weighted by Crippen LogP contribution is -2.26. The number of benzene rings is 17. The first-order valence-electron chi connectivity index (χ1n) is 43.5. The highest BCUT2D eigenvalue weighted by molar-refractivity contribution is 9.10. The van der Waals surface area contributed by atoms with Gasteiger partial charge in [0.2, 0.25) is 17.8 Å². The molecule has 17 aromatic carbocycles. The predicted molar refractivity (Wildman–Crippen MR) is 533 cm³/mol. The van der Waals surface area contributed by atoms with Gasteiger partial charge in [0.05, 0.1) is 72.1 Å². The van der Waals surface area contributed by atoms with Crippen LogP contribution in [0.15, 0.2) is 411 Å². The number of aromatic nitrogens is 15. The van der Waals surface area contributed by atoms with Gasteiger partial charge in [-0.1, -0.05) is 354 Å². The van der Waals surface area contributed by atoms with Crippen molar-refractivity contribution in [3.05, 3.63) is 422 Å². The molecule has 0 spiro atoms. The van der Waals surface area contributed by atoms with E-state index in [1.807, 2.05) is 158 Å². The van der Waals surface area contributed by atoms with Gasteiger partial charge < -0.3 is 14.1 Å². The number of para-hydroxylation sites is 8. The summed E-state index contributed by atoms with van der Waals surface area (Å²) in [6, 6.07) is 141. The molecular weight excluding hydrogens is 1660 g/mol. The Bertz CT molecular complexity index is 8860. The van der Waals surface area contributed by atoms with Crippen LogP contribution in [0.1, 0.15) is 25.0 Å². The molecular formula is C114H74BrN15. The number of aromatic amines is 1. The van der Waals surface area contributed by atoms with Crippen molar-refractivity contribution in [3.63, 3.8) is 0 Å². The molecule has 612 valence electrons. The topological polar surface area (TPSA) is 156 Å². The molecule has 26 aromatic rings. The monoisotopic (exact) mass is 1730 g/mol. The van der Waals surface area contributed by atoms with E-state index in [1.54, 1.807) is 0 Å². The van der Waals surface area contributed by atoms with Gasteiger partial charge in [0.1, 0.15) is 0 Å². The Hall–Kier alpha value is -17.0. The molecule has 130 heavy (non-hydrogen) atoms. The first kappa shape index (κ1) is 75.6. The molecule has 0 unspecified atom stereocenters. The van der Waals surface area contributed by atoms with Crippen LogP contribution in [0.3, 0.4) is 0 Å². The Morgan fingerprint density at radius 2 is 0.523 bits per heavy atom. The summed E-state index contributed by atoms with van der Waals surface area (Å²) in [6.45, 7) is 4.69. The van der Waals surface area contributed by atoms with Crippen LogP contribution in [-0.4, -0.2) is 72.7 Å². The zero-order chi connectivity index (χ0) is 86.2. The average Bonchev–Trinajstić information content (AvgIpc) is 1.52. The second kappa shape index (κ2) is 30.4. The standard InChI is InChI=1S/C42H29N5.C39H24BrN5.C33H21N5/c1-42(2)31-20-10-12-23-34(31)47-37-28(19-13-21-32(37)42)29-24-25-35-36(38(29)47)30-18-9-11-22-33(30)46(35)41-44-39(26-14-5-3-6-15-26)43-40(45-41)27-16-7-4-8-17-27;40-30-19-9-12-22-33(30)44-31-20-10-7-17-27(31)28-23-24-34-35(36(28)44)29-18-8-11-21-32(29)45(34)39-42-37(25-13-3-1-4-14-25)41-38(43-39)26-15-5-2-6-16-26;1-3-11-21(12-4-1)31-35-32(22-13-5-2-6-14-22)37-33(36-31)38-27-18-10-8-16-25(27)29-28(38)20-19-24-23-15-7-9-17-26(23)34-30(24)29/h3-25H,1-2H3;1-24H;1-20,34H. The van der Waals surface area contributed by atoms with Gasteiger partial charge in [-0.05, 0) is 93.8 Å². The largest absolute Gasteiger partial charge is 0.354 e. The number of hydrogen-bond acceptors (Lipinski definition) is 9. The highest BCUT2D eigenvalue weighted by atomic mass is 79.9. The van der Waals surface area contributed by atoms with E-state index < -0.39 is 0 Å². The van der Waals surface area contributed by atoms with Crippen LogP contribution in [0.4, 0.5) is 0 Å². The molecule has 0 saturated heterocycles. The van der Waals surface area contributed by atoms with Crippen LogP contribution in [0, 0.1) is 0 Å². The number of halogens is 1. The highest BCUT2D eigenvalue weighted by Crippen LogP contribution is 2.51. The first-order chi connectivity index (χ1) is 64.2. The number of rotatable bonds is 10. The number of nitrogens with one attached hydrogen (secondary N) is 1. The smallest absolute Gasteiger partial charge is 0.238 e. The fourth-order valence-electron chi connectivity index (χ4n) is 19.8. The lowest BCUT2D eigenvalue weighted by molar-refractivity contribution is 0.630. The molecule has 16 heteroatoms. The third-order valence-electron chi connectivity index (χ3n) is 25.6. The van der Waals surface area contributed by atoms with E-state index in [4.69, 9.17) is 44.9 Å². The van der Waals surface area contributed by atoms with Crippen molar-refractivity contribution < 1.29 is 0 Å². The third-order valence-corrected chi connectivity index (χ3v) is 26.3. The summed E-state index contributed by atoms with van der Waals surface area (Å²) in [6.07, 6.45) is 0. The van der Waals surface area contributed by atoms with E-state index in [1.165, 1.54) is 70.9 Å². The summed E-state index contributed by atoms with van der Waals surface area (Å²) >= 11 is 3.85. The van der Waals surface area contributed by atoms with Crippen molar-refractivity contribution in [2.24, 2.45) is 0 Å². The van der Waals surface area contributed by atoms with Crippen molar-refractivity contribution >= 4 is 147 Å². The molecule has 0 aliphatic carbocycles. The maximum atomic E-state index is 5.15. The molecule has 0 atom stereocenters. The molecule has 0 amide bonds. The first-order valence-corrected chi connectivity index (χ1v) is 44.3. The van der Waals surface area contributed by atoms with Gasteiger partial charge in [0, 0.05) is 113 Å². The summed E-state index contributed by atoms with van der Waals surface area (Å²) in [4.78, 5) is 49.1. The van der Waals surface area contributed by atoms with Crippen LogP contribution in [-0.2, 0) is 5.41 Å². The lowest BCUT2D eigenvalue weighted by Gasteiger charge is -2.34. The molecule has 1 aliphatic heterocycles. The number of hydrogen-bond donors (Lipinski definition) is 1. The summed E-state index contributed by atoms with van der Waals surface area (Å²) in [5.41, 5.74) is 23.9. The van der Waals surface area contributed by atoms with E-state index in [0.29, 0.717) is 52.8 Å². The van der Waals surface area contributed by atoms with E-state index >= 15 is 0 Å². The van der Waals surface area contributed by atoms with E-state index in [0.717, 1.165) is 120 Å². The fourth-order valence-corrected chi connectivity index (χ4v) is 20.3. The zero-order valence-electron chi connectivity index (χ0n) is 70.3. The van der Waals surface area contributed by atoms with Crippen LogP contribution < -0.4 is 0 Å². The molecule has 1 aliphatic rings. The van der Waals surface area contributed by atoms with Crippen molar-refractivity contribution in [3.8, 4) is 97.5 Å². The maximum Gasteiger partial charge on any atom is 0.238 e. The van der Waals surface area contributed by atoms with Crippen LogP contribution >= 0.6 is 15.9 Å². The van der Waals surface area contributed by atoms with Gasteiger partial charge >= 0.3 is 0 Å². The molecule has 0 bridgehead atoms. The van der Waals surface area contributed by atoms with Gasteiger partial charge in [0.25, 0.3) is 0 Å². The third kappa shape index (κ3) is 12.1. The highest BCUT2D eigenvalue weighted by Gasteiger charge is 2.37. The Morgan fingerprint density at radius 1 is 0.215 bits per heavy atom.